The molecule has 1 atom stereocenters. The molecule has 3 heteroatoms. The van der Waals surface area contributed by atoms with Gasteiger partial charge in [-0.15, -0.1) is 11.8 Å². The minimum atomic E-state index is 0.344. The summed E-state index contributed by atoms with van der Waals surface area (Å²) in [6.07, 6.45) is 3.90. The number of thioether (sulfide) groups is 1. The van der Waals surface area contributed by atoms with Crippen LogP contribution in [0.1, 0.15) is 19.3 Å². The van der Waals surface area contributed by atoms with Crippen molar-refractivity contribution in [2.45, 2.75) is 30.2 Å². The quantitative estimate of drug-likeness (QED) is 0.770. The molecule has 0 aromatic heterocycles. The maximum absolute atomic E-state index is 9.14. The van der Waals surface area contributed by atoms with Crippen molar-refractivity contribution in [3.05, 3.63) is 24.3 Å². The van der Waals surface area contributed by atoms with E-state index in [0.717, 1.165) is 11.8 Å². The number of hydrogen-bond donors (Lipinski definition) is 2. The van der Waals surface area contributed by atoms with Crippen molar-refractivity contribution in [1.29, 1.82) is 0 Å². The van der Waals surface area contributed by atoms with E-state index in [9.17, 15) is 0 Å². The molecule has 1 aromatic carbocycles. The van der Waals surface area contributed by atoms with Gasteiger partial charge in [0.05, 0.1) is 0 Å². The topological polar surface area (TPSA) is 32.3 Å². The number of benzene rings is 1. The van der Waals surface area contributed by atoms with Crippen molar-refractivity contribution in [2.24, 2.45) is 0 Å². The van der Waals surface area contributed by atoms with Crippen molar-refractivity contribution in [3.63, 3.8) is 0 Å². The lowest BCUT2D eigenvalue weighted by Gasteiger charge is -2.09. The summed E-state index contributed by atoms with van der Waals surface area (Å²) in [5.74, 6) is 1.50. The van der Waals surface area contributed by atoms with Crippen LogP contribution in [-0.2, 0) is 0 Å². The molecule has 2 rings (SSSR count). The van der Waals surface area contributed by atoms with Crippen molar-refractivity contribution >= 4 is 11.8 Å². The fourth-order valence-corrected chi connectivity index (χ4v) is 2.83. The van der Waals surface area contributed by atoms with E-state index >= 15 is 0 Å². The molecule has 1 aliphatic rings. The third kappa shape index (κ3) is 3.43. The molecule has 1 aromatic rings. The Morgan fingerprint density at radius 1 is 1.33 bits per heavy atom. The van der Waals surface area contributed by atoms with Crippen molar-refractivity contribution < 1.29 is 5.11 Å². The highest BCUT2D eigenvalue weighted by Crippen LogP contribution is 2.22. The Bertz CT molecular complexity index is 293. The van der Waals surface area contributed by atoms with Crippen LogP contribution in [0.2, 0.25) is 0 Å². The van der Waals surface area contributed by atoms with Gasteiger partial charge in [0.1, 0.15) is 5.75 Å². The van der Waals surface area contributed by atoms with Gasteiger partial charge >= 0.3 is 0 Å². The minimum Gasteiger partial charge on any atom is -0.508 e. The normalized spacial score (nSPS) is 20.7. The van der Waals surface area contributed by atoms with E-state index in [1.807, 2.05) is 23.9 Å². The molecule has 2 N–H and O–H groups in total. The largest absolute Gasteiger partial charge is 0.508 e. The van der Waals surface area contributed by atoms with E-state index in [0.29, 0.717) is 5.75 Å². The Balaban J connectivity index is 1.71. The van der Waals surface area contributed by atoms with Gasteiger partial charge in [-0.3, -0.25) is 0 Å². The molecule has 0 spiro atoms. The van der Waals surface area contributed by atoms with Crippen molar-refractivity contribution in [3.8, 4) is 5.75 Å². The van der Waals surface area contributed by atoms with E-state index in [1.54, 1.807) is 12.1 Å². The minimum absolute atomic E-state index is 0.344. The highest BCUT2D eigenvalue weighted by molar-refractivity contribution is 7.99. The molecule has 1 unspecified atom stereocenters. The molecule has 0 radical (unpaired) electrons. The van der Waals surface area contributed by atoms with Crippen molar-refractivity contribution in [1.82, 2.24) is 5.32 Å². The van der Waals surface area contributed by atoms with Crippen LogP contribution in [0, 0.1) is 0 Å². The van der Waals surface area contributed by atoms with Crippen LogP contribution in [0.5, 0.6) is 5.75 Å². The fourth-order valence-electron chi connectivity index (χ4n) is 1.86. The SMILES string of the molecule is Oc1ccc(SCCC2CCCN2)cc1. The summed E-state index contributed by atoms with van der Waals surface area (Å²) in [7, 11) is 0. The molecule has 0 saturated carbocycles. The van der Waals surface area contributed by atoms with Crippen LogP contribution in [0.4, 0.5) is 0 Å². The molecule has 15 heavy (non-hydrogen) atoms. The van der Waals surface area contributed by atoms with Crippen LogP contribution in [-0.4, -0.2) is 23.4 Å². The first-order valence-corrected chi connectivity index (χ1v) is 6.48. The summed E-state index contributed by atoms with van der Waals surface area (Å²) >= 11 is 1.86. The van der Waals surface area contributed by atoms with Crippen LogP contribution in [0.3, 0.4) is 0 Å². The van der Waals surface area contributed by atoms with Gasteiger partial charge in [-0.1, -0.05) is 0 Å². The predicted octanol–water partition coefficient (Wildman–Crippen LogP) is 2.63. The van der Waals surface area contributed by atoms with E-state index < -0.39 is 0 Å². The average molecular weight is 223 g/mol. The summed E-state index contributed by atoms with van der Waals surface area (Å²) < 4.78 is 0. The summed E-state index contributed by atoms with van der Waals surface area (Å²) in [5.41, 5.74) is 0. The number of rotatable bonds is 4. The first-order chi connectivity index (χ1) is 7.34. The number of phenolic OH excluding ortho intramolecular Hbond substituents is 1. The monoisotopic (exact) mass is 223 g/mol. The molecule has 1 heterocycles. The predicted molar refractivity (Wildman–Crippen MR) is 64.5 cm³/mol. The molecule has 1 aliphatic heterocycles. The second kappa shape index (κ2) is 5.42. The molecule has 1 fully saturated rings. The van der Waals surface area contributed by atoms with Gasteiger partial charge in [0, 0.05) is 10.9 Å². The lowest BCUT2D eigenvalue weighted by atomic mass is 10.2. The Labute approximate surface area is 95.1 Å². The Morgan fingerprint density at radius 2 is 2.13 bits per heavy atom. The second-order valence-electron chi connectivity index (χ2n) is 3.92. The van der Waals surface area contributed by atoms with Gasteiger partial charge in [-0.25, -0.2) is 0 Å². The molecule has 0 amide bonds. The number of phenols is 1. The van der Waals surface area contributed by atoms with Gasteiger partial charge in [-0.2, -0.15) is 0 Å². The molecule has 0 aliphatic carbocycles. The summed E-state index contributed by atoms with van der Waals surface area (Å²) in [6, 6.07) is 8.17. The highest BCUT2D eigenvalue weighted by Gasteiger charge is 2.12. The van der Waals surface area contributed by atoms with E-state index in [-0.39, 0.29) is 0 Å². The van der Waals surface area contributed by atoms with E-state index in [2.05, 4.69) is 5.32 Å². The first-order valence-electron chi connectivity index (χ1n) is 5.50. The lowest BCUT2D eigenvalue weighted by molar-refractivity contribution is 0.475. The van der Waals surface area contributed by atoms with Gasteiger partial charge in [0.25, 0.3) is 0 Å². The Hall–Kier alpha value is -0.670. The second-order valence-corrected chi connectivity index (χ2v) is 5.09. The first kappa shape index (κ1) is 10.8. The molecular formula is C12H17NOS. The third-order valence-corrected chi connectivity index (χ3v) is 3.78. The Kier molecular flexibility index (Phi) is 3.92. The number of hydrogen-bond acceptors (Lipinski definition) is 3. The number of aromatic hydroxyl groups is 1. The zero-order chi connectivity index (χ0) is 10.5. The maximum atomic E-state index is 9.14. The zero-order valence-electron chi connectivity index (χ0n) is 8.78. The molecule has 1 saturated heterocycles. The van der Waals surface area contributed by atoms with Crippen LogP contribution < -0.4 is 5.32 Å². The van der Waals surface area contributed by atoms with Crippen molar-refractivity contribution in [2.75, 3.05) is 12.3 Å². The van der Waals surface area contributed by atoms with Crippen LogP contribution in [0.15, 0.2) is 29.2 Å². The smallest absolute Gasteiger partial charge is 0.115 e. The summed E-state index contributed by atoms with van der Waals surface area (Å²) in [6.45, 7) is 1.19. The van der Waals surface area contributed by atoms with Gasteiger partial charge in [0.15, 0.2) is 0 Å². The molecule has 2 nitrogen and oxygen atoms in total. The Morgan fingerprint density at radius 3 is 2.80 bits per heavy atom. The third-order valence-electron chi connectivity index (χ3n) is 2.73. The standard InChI is InChI=1S/C12H17NOS/c14-11-3-5-12(6-4-11)15-9-7-10-2-1-8-13-10/h3-6,10,13-14H,1-2,7-9H2. The summed E-state index contributed by atoms with van der Waals surface area (Å²) in [4.78, 5) is 1.24. The van der Waals surface area contributed by atoms with Gasteiger partial charge < -0.3 is 10.4 Å². The number of nitrogens with one attached hydrogen (secondary N) is 1. The van der Waals surface area contributed by atoms with E-state index in [4.69, 9.17) is 5.11 Å². The molecule has 0 bridgehead atoms. The molecule has 82 valence electrons. The maximum Gasteiger partial charge on any atom is 0.115 e. The molecular weight excluding hydrogens is 206 g/mol. The van der Waals surface area contributed by atoms with Gasteiger partial charge in [0.2, 0.25) is 0 Å². The fraction of sp³-hybridized carbons (Fsp3) is 0.500. The zero-order valence-corrected chi connectivity index (χ0v) is 9.59. The lowest BCUT2D eigenvalue weighted by Crippen LogP contribution is -2.21. The summed E-state index contributed by atoms with van der Waals surface area (Å²) in [5, 5.41) is 12.6. The van der Waals surface area contributed by atoms with E-state index in [1.165, 1.54) is 30.7 Å². The van der Waals surface area contributed by atoms with Gasteiger partial charge in [-0.05, 0) is 55.8 Å². The average Bonchev–Trinajstić information content (AvgIpc) is 2.74. The van der Waals surface area contributed by atoms with Crippen LogP contribution in [0.25, 0.3) is 0 Å². The van der Waals surface area contributed by atoms with Crippen LogP contribution >= 0.6 is 11.8 Å². The highest BCUT2D eigenvalue weighted by atomic mass is 32.2.